The minimum Gasteiger partial charge on any atom is -0.317 e. The van der Waals surface area contributed by atoms with Crippen LogP contribution in [0.5, 0.6) is 0 Å². The predicted molar refractivity (Wildman–Crippen MR) is 49.0 cm³/mol. The maximum Gasteiger partial charge on any atom is 0.145 e. The minimum atomic E-state index is 0.351. The molecule has 0 aromatic carbocycles. The number of rotatable bonds is 3. The van der Waals surface area contributed by atoms with Crippen molar-refractivity contribution < 1.29 is 4.79 Å². The van der Waals surface area contributed by atoms with E-state index in [4.69, 9.17) is 0 Å². The Morgan fingerprint density at radius 1 is 1.55 bits per heavy atom. The van der Waals surface area contributed by atoms with Gasteiger partial charge in [-0.1, -0.05) is 0 Å². The van der Waals surface area contributed by atoms with Gasteiger partial charge < -0.3 is 5.32 Å². The van der Waals surface area contributed by atoms with E-state index in [1.165, 1.54) is 0 Å². The maximum atomic E-state index is 11.3. The molecule has 0 radical (unpaired) electrons. The lowest BCUT2D eigenvalue weighted by molar-refractivity contribution is -0.120. The van der Waals surface area contributed by atoms with Crippen LogP contribution in [-0.2, 0) is 4.79 Å². The molecular formula is C8H15NOS. The summed E-state index contributed by atoms with van der Waals surface area (Å²) < 4.78 is 0. The number of thioether (sulfide) groups is 1. The molecule has 1 saturated heterocycles. The molecule has 0 unspecified atom stereocenters. The molecule has 0 amide bonds. The van der Waals surface area contributed by atoms with Crippen LogP contribution in [0, 0.1) is 5.92 Å². The van der Waals surface area contributed by atoms with E-state index in [0.717, 1.165) is 25.9 Å². The lowest BCUT2D eigenvalue weighted by Gasteiger charge is -2.20. The highest BCUT2D eigenvalue weighted by atomic mass is 32.2. The van der Waals surface area contributed by atoms with Crippen molar-refractivity contribution in [2.75, 3.05) is 25.1 Å². The number of piperidine rings is 1. The number of hydrogen-bond acceptors (Lipinski definition) is 3. The van der Waals surface area contributed by atoms with Crippen LogP contribution < -0.4 is 5.32 Å². The van der Waals surface area contributed by atoms with Gasteiger partial charge >= 0.3 is 0 Å². The topological polar surface area (TPSA) is 29.1 Å². The second kappa shape index (κ2) is 4.78. The molecule has 0 bridgehead atoms. The monoisotopic (exact) mass is 173 g/mol. The molecule has 0 spiro atoms. The van der Waals surface area contributed by atoms with Crippen molar-refractivity contribution in [1.82, 2.24) is 5.32 Å². The molecule has 0 aromatic heterocycles. The lowest BCUT2D eigenvalue weighted by Crippen LogP contribution is -2.32. The summed E-state index contributed by atoms with van der Waals surface area (Å²) in [5.41, 5.74) is 0. The van der Waals surface area contributed by atoms with Gasteiger partial charge in [0.05, 0.1) is 5.75 Å². The molecule has 1 aliphatic heterocycles. The van der Waals surface area contributed by atoms with Crippen molar-refractivity contribution in [2.45, 2.75) is 12.8 Å². The number of ketones is 1. The van der Waals surface area contributed by atoms with Crippen LogP contribution in [0.4, 0.5) is 0 Å². The van der Waals surface area contributed by atoms with Crippen LogP contribution in [0.2, 0.25) is 0 Å². The SMILES string of the molecule is CSCC(=O)C1CCNCC1. The van der Waals surface area contributed by atoms with E-state index < -0.39 is 0 Å². The Bertz CT molecular complexity index is 132. The Kier molecular flexibility index (Phi) is 3.94. The lowest BCUT2D eigenvalue weighted by atomic mass is 9.94. The summed E-state index contributed by atoms with van der Waals surface area (Å²) in [6.45, 7) is 2.04. The first-order chi connectivity index (χ1) is 5.34. The normalized spacial score (nSPS) is 20.1. The summed E-state index contributed by atoms with van der Waals surface area (Å²) in [5, 5.41) is 3.25. The van der Waals surface area contributed by atoms with E-state index in [1.54, 1.807) is 11.8 Å². The van der Waals surface area contributed by atoms with Gasteiger partial charge in [-0.15, -0.1) is 0 Å². The summed E-state index contributed by atoms with van der Waals surface area (Å²) in [7, 11) is 0. The van der Waals surface area contributed by atoms with Crippen molar-refractivity contribution in [3.05, 3.63) is 0 Å². The van der Waals surface area contributed by atoms with Crippen molar-refractivity contribution in [3.63, 3.8) is 0 Å². The van der Waals surface area contributed by atoms with Crippen molar-refractivity contribution in [3.8, 4) is 0 Å². The molecule has 2 nitrogen and oxygen atoms in total. The average molecular weight is 173 g/mol. The largest absolute Gasteiger partial charge is 0.317 e. The van der Waals surface area contributed by atoms with E-state index in [1.807, 2.05) is 6.26 Å². The second-order valence-corrected chi connectivity index (χ2v) is 3.79. The molecule has 1 aliphatic rings. The quantitative estimate of drug-likeness (QED) is 0.688. The maximum absolute atomic E-state index is 11.3. The van der Waals surface area contributed by atoms with E-state index >= 15 is 0 Å². The predicted octanol–water partition coefficient (Wildman–Crippen LogP) is 0.918. The molecule has 0 aromatic rings. The zero-order valence-corrected chi connectivity index (χ0v) is 7.75. The highest BCUT2D eigenvalue weighted by Crippen LogP contribution is 2.14. The molecular weight excluding hydrogens is 158 g/mol. The van der Waals surface area contributed by atoms with Gasteiger partial charge in [-0.2, -0.15) is 11.8 Å². The molecule has 0 aliphatic carbocycles. The van der Waals surface area contributed by atoms with Crippen LogP contribution in [0.25, 0.3) is 0 Å². The van der Waals surface area contributed by atoms with E-state index in [2.05, 4.69) is 5.32 Å². The summed E-state index contributed by atoms with van der Waals surface area (Å²) in [4.78, 5) is 11.3. The van der Waals surface area contributed by atoms with Crippen LogP contribution in [0.15, 0.2) is 0 Å². The molecule has 3 heteroatoms. The van der Waals surface area contributed by atoms with Gasteiger partial charge in [-0.3, -0.25) is 4.79 Å². The van der Waals surface area contributed by atoms with Crippen LogP contribution in [0.3, 0.4) is 0 Å². The van der Waals surface area contributed by atoms with Crippen molar-refractivity contribution >= 4 is 17.5 Å². The van der Waals surface area contributed by atoms with Crippen LogP contribution >= 0.6 is 11.8 Å². The number of carbonyl (C=O) groups excluding carboxylic acids is 1. The molecule has 1 rings (SSSR count). The Balaban J connectivity index is 2.27. The van der Waals surface area contributed by atoms with Gasteiger partial charge in [-0.05, 0) is 32.2 Å². The van der Waals surface area contributed by atoms with Crippen LogP contribution in [0.1, 0.15) is 12.8 Å². The molecule has 1 fully saturated rings. The summed E-state index contributed by atoms with van der Waals surface area (Å²) in [5.74, 6) is 1.49. The standard InChI is InChI=1S/C8H15NOS/c1-11-6-8(10)7-2-4-9-5-3-7/h7,9H,2-6H2,1H3. The first-order valence-electron chi connectivity index (χ1n) is 4.07. The Hall–Kier alpha value is -0.0200. The van der Waals surface area contributed by atoms with Crippen molar-refractivity contribution in [1.29, 1.82) is 0 Å². The van der Waals surface area contributed by atoms with Crippen molar-refractivity contribution in [2.24, 2.45) is 5.92 Å². The van der Waals surface area contributed by atoms with Gasteiger partial charge in [0, 0.05) is 5.92 Å². The molecule has 1 heterocycles. The zero-order valence-electron chi connectivity index (χ0n) is 6.93. The van der Waals surface area contributed by atoms with Gasteiger partial charge in [0.25, 0.3) is 0 Å². The fourth-order valence-corrected chi connectivity index (χ4v) is 1.92. The van der Waals surface area contributed by atoms with E-state index in [0.29, 0.717) is 17.5 Å². The van der Waals surface area contributed by atoms with Crippen LogP contribution in [-0.4, -0.2) is 30.9 Å². The van der Waals surface area contributed by atoms with E-state index in [-0.39, 0.29) is 0 Å². The fourth-order valence-electron chi connectivity index (χ4n) is 1.40. The van der Waals surface area contributed by atoms with Gasteiger partial charge in [-0.25, -0.2) is 0 Å². The Morgan fingerprint density at radius 3 is 2.73 bits per heavy atom. The third-order valence-corrected chi connectivity index (χ3v) is 2.65. The van der Waals surface area contributed by atoms with E-state index in [9.17, 15) is 4.79 Å². The molecule has 0 atom stereocenters. The van der Waals surface area contributed by atoms with Gasteiger partial charge in [0.1, 0.15) is 5.78 Å². The molecule has 64 valence electrons. The first-order valence-corrected chi connectivity index (χ1v) is 5.46. The number of carbonyl (C=O) groups is 1. The Morgan fingerprint density at radius 2 is 2.18 bits per heavy atom. The highest BCUT2D eigenvalue weighted by Gasteiger charge is 2.19. The highest BCUT2D eigenvalue weighted by molar-refractivity contribution is 7.99. The average Bonchev–Trinajstić information content (AvgIpc) is 2.07. The number of nitrogens with one attached hydrogen (secondary N) is 1. The third-order valence-electron chi connectivity index (χ3n) is 2.08. The second-order valence-electron chi connectivity index (χ2n) is 2.92. The number of hydrogen-bond donors (Lipinski definition) is 1. The summed E-state index contributed by atoms with van der Waals surface area (Å²) in [6, 6.07) is 0. The fraction of sp³-hybridized carbons (Fsp3) is 0.875. The Labute approximate surface area is 72.1 Å². The summed E-state index contributed by atoms with van der Waals surface area (Å²) in [6.07, 6.45) is 4.07. The summed E-state index contributed by atoms with van der Waals surface area (Å²) >= 11 is 1.63. The molecule has 1 N–H and O–H groups in total. The van der Waals surface area contributed by atoms with Gasteiger partial charge in [0.2, 0.25) is 0 Å². The zero-order chi connectivity index (χ0) is 8.10. The third kappa shape index (κ3) is 2.83. The minimum absolute atomic E-state index is 0.351. The van der Waals surface area contributed by atoms with Gasteiger partial charge in [0.15, 0.2) is 0 Å². The molecule has 11 heavy (non-hydrogen) atoms. The molecule has 0 saturated carbocycles. The number of Topliss-reactive ketones (excluding diaryl/α,β-unsaturated/α-hetero) is 1. The smallest absolute Gasteiger partial charge is 0.145 e. The first kappa shape index (κ1) is 9.07.